The molecule has 3 heterocycles. The van der Waals surface area contributed by atoms with E-state index >= 15 is 0 Å². The second kappa shape index (κ2) is 7.40. The number of nitrogens with zero attached hydrogens (tertiary/aromatic N) is 3. The van der Waals surface area contributed by atoms with E-state index in [1.165, 1.54) is 4.90 Å². The molecule has 2 fully saturated rings. The zero-order valence-corrected chi connectivity index (χ0v) is 15.2. The predicted octanol–water partition coefficient (Wildman–Crippen LogP) is 1.81. The van der Waals surface area contributed by atoms with Crippen LogP contribution in [0.3, 0.4) is 0 Å². The second-order valence-electron chi connectivity index (χ2n) is 6.81. The molecule has 0 spiro atoms. The number of hydrogen-bond donors (Lipinski definition) is 1. The molecule has 4 rings (SSSR count). The lowest BCUT2D eigenvalue weighted by atomic mass is 10.1. The Balaban J connectivity index is 1.46. The van der Waals surface area contributed by atoms with Crippen molar-refractivity contribution >= 4 is 29.0 Å². The molecule has 0 saturated carbocycles. The maximum Gasteiger partial charge on any atom is 0.229 e. The average molecular weight is 370 g/mol. The smallest absolute Gasteiger partial charge is 0.229 e. The van der Waals surface area contributed by atoms with Gasteiger partial charge in [-0.1, -0.05) is 17.3 Å². The molecular formula is C19H22N4O4. The number of anilines is 3. The zero-order valence-electron chi connectivity index (χ0n) is 15.2. The van der Waals surface area contributed by atoms with Gasteiger partial charge in [-0.15, -0.1) is 0 Å². The van der Waals surface area contributed by atoms with Gasteiger partial charge in [0.15, 0.2) is 5.82 Å². The summed E-state index contributed by atoms with van der Waals surface area (Å²) in [5.74, 6) is 0.385. The molecule has 27 heavy (non-hydrogen) atoms. The van der Waals surface area contributed by atoms with Crippen molar-refractivity contribution in [2.45, 2.75) is 13.3 Å². The highest BCUT2D eigenvalue weighted by atomic mass is 16.5. The Kier molecular flexibility index (Phi) is 4.81. The van der Waals surface area contributed by atoms with Crippen molar-refractivity contribution in [2.75, 3.05) is 48.0 Å². The summed E-state index contributed by atoms with van der Waals surface area (Å²) in [6.07, 6.45) is 0.164. The number of aryl methyl sites for hydroxylation is 1. The number of hydrogen-bond acceptors (Lipinski definition) is 6. The number of aromatic nitrogens is 1. The van der Waals surface area contributed by atoms with Crippen LogP contribution in [-0.2, 0) is 14.3 Å². The van der Waals surface area contributed by atoms with Crippen molar-refractivity contribution in [1.29, 1.82) is 0 Å². The molecule has 8 heteroatoms. The fourth-order valence-electron chi connectivity index (χ4n) is 3.48. The van der Waals surface area contributed by atoms with Crippen LogP contribution in [0.25, 0.3) is 0 Å². The summed E-state index contributed by atoms with van der Waals surface area (Å²) in [6, 6.07) is 9.42. The summed E-state index contributed by atoms with van der Waals surface area (Å²) in [7, 11) is 0. The fourth-order valence-corrected chi connectivity index (χ4v) is 3.48. The van der Waals surface area contributed by atoms with Crippen LogP contribution in [0.4, 0.5) is 17.2 Å². The zero-order chi connectivity index (χ0) is 18.8. The minimum absolute atomic E-state index is 0.120. The lowest BCUT2D eigenvalue weighted by Crippen LogP contribution is -2.37. The first-order valence-corrected chi connectivity index (χ1v) is 9.08. The number of amides is 2. The highest BCUT2D eigenvalue weighted by molar-refractivity contribution is 6.04. The molecule has 2 aliphatic rings. The largest absolute Gasteiger partial charge is 0.378 e. The summed E-state index contributed by atoms with van der Waals surface area (Å²) >= 11 is 0. The van der Waals surface area contributed by atoms with Gasteiger partial charge in [0.2, 0.25) is 11.8 Å². The number of benzene rings is 1. The van der Waals surface area contributed by atoms with Crippen molar-refractivity contribution in [3.63, 3.8) is 0 Å². The third kappa shape index (κ3) is 3.66. The standard InChI is InChI=1S/C19H22N4O4/c1-13-10-17(21-27-13)23-12-14(11-18(23)24)19(25)20-15-4-2-3-5-16(15)22-6-8-26-9-7-22/h2-5,10,14H,6-9,11-12H2,1H3,(H,20,25). The minimum Gasteiger partial charge on any atom is -0.378 e. The van der Waals surface area contributed by atoms with Crippen molar-refractivity contribution in [1.82, 2.24) is 5.16 Å². The van der Waals surface area contributed by atoms with Crippen molar-refractivity contribution < 1.29 is 18.8 Å². The van der Waals surface area contributed by atoms with E-state index in [1.54, 1.807) is 13.0 Å². The topological polar surface area (TPSA) is 87.9 Å². The molecule has 142 valence electrons. The van der Waals surface area contributed by atoms with Gasteiger partial charge in [0.25, 0.3) is 0 Å². The van der Waals surface area contributed by atoms with E-state index in [0.29, 0.717) is 31.3 Å². The maximum atomic E-state index is 12.8. The Morgan fingerprint density at radius 2 is 2.04 bits per heavy atom. The van der Waals surface area contributed by atoms with Gasteiger partial charge >= 0.3 is 0 Å². The van der Waals surface area contributed by atoms with Gasteiger partial charge in [0.1, 0.15) is 5.76 Å². The molecule has 2 aliphatic heterocycles. The summed E-state index contributed by atoms with van der Waals surface area (Å²) in [4.78, 5) is 28.8. The van der Waals surface area contributed by atoms with Gasteiger partial charge in [-0.05, 0) is 19.1 Å². The summed E-state index contributed by atoms with van der Waals surface area (Å²) in [5.41, 5.74) is 1.73. The van der Waals surface area contributed by atoms with Crippen molar-refractivity contribution in [3.8, 4) is 0 Å². The molecule has 2 aromatic rings. The van der Waals surface area contributed by atoms with Crippen LogP contribution >= 0.6 is 0 Å². The summed E-state index contributed by atoms with van der Waals surface area (Å²) in [6.45, 7) is 4.99. The Labute approximate surface area is 157 Å². The lowest BCUT2D eigenvalue weighted by molar-refractivity contribution is -0.122. The van der Waals surface area contributed by atoms with Crippen LogP contribution in [0, 0.1) is 12.8 Å². The molecule has 2 amide bonds. The molecule has 2 saturated heterocycles. The van der Waals surface area contributed by atoms with Crippen LogP contribution < -0.4 is 15.1 Å². The van der Waals surface area contributed by atoms with Crippen LogP contribution in [0.1, 0.15) is 12.2 Å². The van der Waals surface area contributed by atoms with E-state index in [0.717, 1.165) is 24.5 Å². The molecule has 1 aromatic heterocycles. The predicted molar refractivity (Wildman–Crippen MR) is 99.8 cm³/mol. The molecule has 8 nitrogen and oxygen atoms in total. The second-order valence-corrected chi connectivity index (χ2v) is 6.81. The summed E-state index contributed by atoms with van der Waals surface area (Å²) in [5, 5.41) is 6.88. The third-order valence-corrected chi connectivity index (χ3v) is 4.90. The number of nitrogens with one attached hydrogen (secondary N) is 1. The molecule has 0 aliphatic carbocycles. The number of carbonyl (C=O) groups is 2. The van der Waals surface area contributed by atoms with Crippen LogP contribution in [0.5, 0.6) is 0 Å². The molecule has 1 unspecified atom stereocenters. The molecule has 0 radical (unpaired) electrons. The molecule has 0 bridgehead atoms. The number of ether oxygens (including phenoxy) is 1. The number of rotatable bonds is 4. The highest BCUT2D eigenvalue weighted by Crippen LogP contribution is 2.29. The van der Waals surface area contributed by atoms with Gasteiger partial charge in [-0.2, -0.15) is 0 Å². The van der Waals surface area contributed by atoms with Gasteiger partial charge < -0.3 is 19.5 Å². The van der Waals surface area contributed by atoms with Crippen molar-refractivity contribution in [3.05, 3.63) is 36.1 Å². The normalized spacial score (nSPS) is 20.2. The van der Waals surface area contributed by atoms with E-state index in [2.05, 4.69) is 15.4 Å². The first kappa shape index (κ1) is 17.5. The minimum atomic E-state index is -0.424. The Hall–Kier alpha value is -2.87. The molecule has 1 atom stereocenters. The highest BCUT2D eigenvalue weighted by Gasteiger charge is 2.36. The Morgan fingerprint density at radius 3 is 2.78 bits per heavy atom. The first-order valence-electron chi connectivity index (χ1n) is 9.08. The monoisotopic (exact) mass is 370 g/mol. The van der Waals surface area contributed by atoms with Gasteiger partial charge in [0, 0.05) is 32.1 Å². The van der Waals surface area contributed by atoms with E-state index in [1.807, 2.05) is 24.3 Å². The van der Waals surface area contributed by atoms with E-state index < -0.39 is 5.92 Å². The van der Waals surface area contributed by atoms with Crippen LogP contribution in [0.15, 0.2) is 34.9 Å². The van der Waals surface area contributed by atoms with E-state index in [9.17, 15) is 9.59 Å². The lowest BCUT2D eigenvalue weighted by Gasteiger charge is -2.30. The number of morpholine rings is 1. The molecule has 1 N–H and O–H groups in total. The van der Waals surface area contributed by atoms with Gasteiger partial charge in [-0.25, -0.2) is 0 Å². The quantitative estimate of drug-likeness (QED) is 0.883. The van der Waals surface area contributed by atoms with E-state index in [-0.39, 0.29) is 18.2 Å². The Morgan fingerprint density at radius 1 is 1.26 bits per heavy atom. The van der Waals surface area contributed by atoms with Gasteiger partial charge in [-0.3, -0.25) is 14.5 Å². The van der Waals surface area contributed by atoms with Crippen LogP contribution in [0.2, 0.25) is 0 Å². The average Bonchev–Trinajstić information content (AvgIpc) is 3.28. The SMILES string of the molecule is Cc1cc(N2CC(C(=O)Nc3ccccc3N3CCOCC3)CC2=O)no1. The fraction of sp³-hybridized carbons (Fsp3) is 0.421. The van der Waals surface area contributed by atoms with Crippen LogP contribution in [-0.4, -0.2) is 49.8 Å². The third-order valence-electron chi connectivity index (χ3n) is 4.90. The maximum absolute atomic E-state index is 12.8. The number of carbonyl (C=O) groups excluding carboxylic acids is 2. The summed E-state index contributed by atoms with van der Waals surface area (Å²) < 4.78 is 10.4. The molecule has 1 aromatic carbocycles. The molecular weight excluding hydrogens is 348 g/mol. The first-order chi connectivity index (χ1) is 13.1. The number of para-hydroxylation sites is 2. The van der Waals surface area contributed by atoms with E-state index in [4.69, 9.17) is 9.26 Å². The van der Waals surface area contributed by atoms with Crippen molar-refractivity contribution in [2.24, 2.45) is 5.92 Å². The van der Waals surface area contributed by atoms with Gasteiger partial charge in [0.05, 0.1) is 30.5 Å². The Bertz CT molecular complexity index is 844.